The van der Waals surface area contributed by atoms with Crippen molar-refractivity contribution in [2.75, 3.05) is 19.8 Å². The summed E-state index contributed by atoms with van der Waals surface area (Å²) in [4.78, 5) is 0. The SMILES string of the molecule is OCCOCCn1c(-c2ccccc2)cc2ccccc21. The average Bonchev–Trinajstić information content (AvgIpc) is 2.91. The van der Waals surface area contributed by atoms with E-state index in [0.717, 1.165) is 6.54 Å². The number of nitrogens with zero attached hydrogens (tertiary/aromatic N) is 1. The molecular weight excluding hydrogens is 262 g/mol. The molecule has 0 aliphatic heterocycles. The molecule has 0 amide bonds. The maximum absolute atomic E-state index is 8.80. The predicted octanol–water partition coefficient (Wildman–Crippen LogP) is 3.32. The van der Waals surface area contributed by atoms with Gasteiger partial charge >= 0.3 is 0 Å². The normalized spacial score (nSPS) is 11.1. The molecule has 3 nitrogen and oxygen atoms in total. The lowest BCUT2D eigenvalue weighted by Crippen LogP contribution is -2.09. The Balaban J connectivity index is 1.98. The lowest BCUT2D eigenvalue weighted by Gasteiger charge is -2.11. The third kappa shape index (κ3) is 2.99. The van der Waals surface area contributed by atoms with Crippen LogP contribution in [0, 0.1) is 0 Å². The number of aliphatic hydroxyl groups excluding tert-OH is 1. The summed E-state index contributed by atoms with van der Waals surface area (Å²) in [6.07, 6.45) is 0. The van der Waals surface area contributed by atoms with Gasteiger partial charge < -0.3 is 14.4 Å². The lowest BCUT2D eigenvalue weighted by molar-refractivity contribution is 0.0877. The van der Waals surface area contributed by atoms with Crippen LogP contribution in [0.15, 0.2) is 60.7 Å². The highest BCUT2D eigenvalue weighted by molar-refractivity contribution is 5.87. The molecule has 0 fully saturated rings. The van der Waals surface area contributed by atoms with E-state index in [1.807, 2.05) is 6.07 Å². The van der Waals surface area contributed by atoms with E-state index in [4.69, 9.17) is 9.84 Å². The van der Waals surface area contributed by atoms with E-state index in [0.29, 0.717) is 13.2 Å². The number of aliphatic hydroxyl groups is 1. The van der Waals surface area contributed by atoms with Crippen molar-refractivity contribution >= 4 is 10.9 Å². The van der Waals surface area contributed by atoms with E-state index in [9.17, 15) is 0 Å². The van der Waals surface area contributed by atoms with Crippen LogP contribution in [0.5, 0.6) is 0 Å². The molecule has 0 spiro atoms. The van der Waals surface area contributed by atoms with Gasteiger partial charge in [0, 0.05) is 23.1 Å². The molecule has 0 aliphatic carbocycles. The Morgan fingerprint density at radius 3 is 2.48 bits per heavy atom. The third-order valence-electron chi connectivity index (χ3n) is 3.57. The summed E-state index contributed by atoms with van der Waals surface area (Å²) in [7, 11) is 0. The Morgan fingerprint density at radius 1 is 0.905 bits per heavy atom. The van der Waals surface area contributed by atoms with Crippen molar-refractivity contribution in [2.24, 2.45) is 0 Å². The summed E-state index contributed by atoms with van der Waals surface area (Å²) >= 11 is 0. The van der Waals surface area contributed by atoms with Gasteiger partial charge in [-0.25, -0.2) is 0 Å². The molecule has 21 heavy (non-hydrogen) atoms. The van der Waals surface area contributed by atoms with Gasteiger partial charge in [-0.2, -0.15) is 0 Å². The highest BCUT2D eigenvalue weighted by Crippen LogP contribution is 2.28. The fraction of sp³-hybridized carbons (Fsp3) is 0.222. The minimum Gasteiger partial charge on any atom is -0.394 e. The summed E-state index contributed by atoms with van der Waals surface area (Å²) in [6, 6.07) is 21.0. The molecule has 3 heteroatoms. The summed E-state index contributed by atoms with van der Waals surface area (Å²) in [5.41, 5.74) is 3.62. The van der Waals surface area contributed by atoms with Crippen molar-refractivity contribution in [3.05, 3.63) is 60.7 Å². The Kier molecular flexibility index (Phi) is 4.34. The van der Waals surface area contributed by atoms with E-state index in [1.165, 1.54) is 22.2 Å². The Morgan fingerprint density at radius 2 is 1.67 bits per heavy atom. The van der Waals surface area contributed by atoms with E-state index in [2.05, 4.69) is 59.2 Å². The molecule has 0 saturated heterocycles. The van der Waals surface area contributed by atoms with E-state index >= 15 is 0 Å². The fourth-order valence-corrected chi connectivity index (χ4v) is 2.62. The van der Waals surface area contributed by atoms with Crippen molar-refractivity contribution in [2.45, 2.75) is 6.54 Å². The minimum atomic E-state index is 0.0674. The topological polar surface area (TPSA) is 34.4 Å². The highest BCUT2D eigenvalue weighted by Gasteiger charge is 2.09. The molecule has 108 valence electrons. The van der Waals surface area contributed by atoms with Crippen LogP contribution >= 0.6 is 0 Å². The van der Waals surface area contributed by atoms with E-state index < -0.39 is 0 Å². The van der Waals surface area contributed by atoms with Gasteiger partial charge in [-0.3, -0.25) is 0 Å². The molecule has 0 unspecified atom stereocenters. The van der Waals surface area contributed by atoms with Crippen molar-refractivity contribution < 1.29 is 9.84 Å². The molecule has 1 aromatic heterocycles. The van der Waals surface area contributed by atoms with Crippen LogP contribution in [-0.2, 0) is 11.3 Å². The zero-order valence-electron chi connectivity index (χ0n) is 11.9. The number of para-hydroxylation sites is 1. The van der Waals surface area contributed by atoms with Gasteiger partial charge in [-0.15, -0.1) is 0 Å². The van der Waals surface area contributed by atoms with Crippen LogP contribution in [0.2, 0.25) is 0 Å². The van der Waals surface area contributed by atoms with E-state index in [-0.39, 0.29) is 6.61 Å². The van der Waals surface area contributed by atoms with Crippen molar-refractivity contribution in [3.63, 3.8) is 0 Å². The number of ether oxygens (including phenoxy) is 1. The van der Waals surface area contributed by atoms with Gasteiger partial charge in [0.05, 0.1) is 19.8 Å². The number of benzene rings is 2. The minimum absolute atomic E-state index is 0.0674. The molecule has 3 rings (SSSR count). The number of rotatable bonds is 6. The molecule has 0 aliphatic rings. The van der Waals surface area contributed by atoms with Gasteiger partial charge in [0.2, 0.25) is 0 Å². The third-order valence-corrected chi connectivity index (χ3v) is 3.57. The Hall–Kier alpha value is -2.10. The molecule has 0 radical (unpaired) electrons. The molecule has 2 aromatic carbocycles. The first kappa shape index (κ1) is 13.9. The molecule has 1 N–H and O–H groups in total. The summed E-state index contributed by atoms with van der Waals surface area (Å²) in [6.45, 7) is 1.83. The molecule has 3 aromatic rings. The van der Waals surface area contributed by atoms with Crippen LogP contribution in [-0.4, -0.2) is 29.5 Å². The molecule has 0 saturated carbocycles. The van der Waals surface area contributed by atoms with Gasteiger partial charge in [-0.1, -0.05) is 48.5 Å². The smallest absolute Gasteiger partial charge is 0.0698 e. The molecule has 1 heterocycles. The van der Waals surface area contributed by atoms with Gasteiger partial charge in [0.25, 0.3) is 0 Å². The standard InChI is InChI=1S/C18H19NO2/c20-11-13-21-12-10-19-17-9-5-4-8-16(17)14-18(19)15-6-2-1-3-7-15/h1-9,14,20H,10-13H2. The molecular formula is C18H19NO2. The highest BCUT2D eigenvalue weighted by atomic mass is 16.5. The number of hydrogen-bond acceptors (Lipinski definition) is 2. The quantitative estimate of drug-likeness (QED) is 0.703. The predicted molar refractivity (Wildman–Crippen MR) is 85.3 cm³/mol. The first-order chi connectivity index (χ1) is 10.4. The second-order valence-corrected chi connectivity index (χ2v) is 4.94. The maximum atomic E-state index is 8.80. The molecule has 0 bridgehead atoms. The van der Waals surface area contributed by atoms with Gasteiger partial charge in [0.1, 0.15) is 0 Å². The zero-order valence-corrected chi connectivity index (χ0v) is 11.9. The monoisotopic (exact) mass is 281 g/mol. The number of fused-ring (bicyclic) bond motifs is 1. The van der Waals surface area contributed by atoms with Crippen LogP contribution < -0.4 is 0 Å². The van der Waals surface area contributed by atoms with Crippen LogP contribution in [0.4, 0.5) is 0 Å². The lowest BCUT2D eigenvalue weighted by atomic mass is 10.1. The zero-order chi connectivity index (χ0) is 14.5. The second-order valence-electron chi connectivity index (χ2n) is 4.94. The number of aromatic nitrogens is 1. The van der Waals surface area contributed by atoms with Gasteiger partial charge in [0.15, 0.2) is 0 Å². The first-order valence-electron chi connectivity index (χ1n) is 7.22. The van der Waals surface area contributed by atoms with Crippen molar-refractivity contribution in [3.8, 4) is 11.3 Å². The Labute approximate surface area is 124 Å². The van der Waals surface area contributed by atoms with Crippen LogP contribution in [0.25, 0.3) is 22.2 Å². The summed E-state index contributed by atoms with van der Waals surface area (Å²) < 4.78 is 7.70. The van der Waals surface area contributed by atoms with Crippen molar-refractivity contribution in [1.82, 2.24) is 4.57 Å². The molecule has 0 atom stereocenters. The largest absolute Gasteiger partial charge is 0.394 e. The summed E-state index contributed by atoms with van der Waals surface area (Å²) in [5, 5.41) is 10.0. The average molecular weight is 281 g/mol. The van der Waals surface area contributed by atoms with Gasteiger partial charge in [-0.05, 0) is 17.7 Å². The van der Waals surface area contributed by atoms with E-state index in [1.54, 1.807) is 0 Å². The second kappa shape index (κ2) is 6.57. The number of hydrogen-bond donors (Lipinski definition) is 1. The first-order valence-corrected chi connectivity index (χ1v) is 7.22. The van der Waals surface area contributed by atoms with Crippen LogP contribution in [0.3, 0.4) is 0 Å². The van der Waals surface area contributed by atoms with Crippen LogP contribution in [0.1, 0.15) is 0 Å². The van der Waals surface area contributed by atoms with Crippen molar-refractivity contribution in [1.29, 1.82) is 0 Å². The Bertz CT molecular complexity index is 704. The summed E-state index contributed by atoms with van der Waals surface area (Å²) in [5.74, 6) is 0. The fourth-order valence-electron chi connectivity index (χ4n) is 2.62. The maximum Gasteiger partial charge on any atom is 0.0698 e.